The topological polar surface area (TPSA) is 60.2 Å². The Balaban J connectivity index is 2.22. The number of halogens is 1. The maximum atomic E-state index is 14.0. The summed E-state index contributed by atoms with van der Waals surface area (Å²) in [4.78, 5) is 1.50. The van der Waals surface area contributed by atoms with E-state index >= 15 is 0 Å². The summed E-state index contributed by atoms with van der Waals surface area (Å²) in [6.07, 6.45) is 1.15. The maximum Gasteiger partial charge on any atom is 0.175 e. The molecule has 2 aromatic carbocycles. The van der Waals surface area contributed by atoms with Crippen LogP contribution in [0.5, 0.6) is 0 Å². The first-order valence-corrected chi connectivity index (χ1v) is 9.01. The summed E-state index contributed by atoms with van der Waals surface area (Å²) in [5, 5.41) is 0. The Morgan fingerprint density at radius 2 is 1.76 bits per heavy atom. The Morgan fingerprint density at radius 3 is 2.24 bits per heavy atom. The minimum absolute atomic E-state index is 0.215. The fourth-order valence-electron chi connectivity index (χ4n) is 1.76. The molecule has 0 amide bonds. The van der Waals surface area contributed by atoms with Crippen molar-refractivity contribution in [3.8, 4) is 0 Å². The molecule has 112 valence electrons. The summed E-state index contributed by atoms with van der Waals surface area (Å²) >= 11 is 1.24. The van der Waals surface area contributed by atoms with Gasteiger partial charge >= 0.3 is 0 Å². The highest BCUT2D eigenvalue weighted by Gasteiger charge is 2.10. The first kappa shape index (κ1) is 16.0. The van der Waals surface area contributed by atoms with Crippen molar-refractivity contribution in [2.24, 2.45) is 5.73 Å². The van der Waals surface area contributed by atoms with Crippen LogP contribution in [0.15, 0.2) is 57.2 Å². The maximum absolute atomic E-state index is 14.0. The highest BCUT2D eigenvalue weighted by atomic mass is 32.2. The van der Waals surface area contributed by atoms with E-state index in [-0.39, 0.29) is 16.8 Å². The van der Waals surface area contributed by atoms with E-state index in [0.29, 0.717) is 4.90 Å². The molecule has 0 heterocycles. The van der Waals surface area contributed by atoms with Gasteiger partial charge < -0.3 is 5.73 Å². The molecular formula is C15H16FNO2S2. The normalized spacial score (nSPS) is 13.1. The first-order valence-electron chi connectivity index (χ1n) is 6.30. The van der Waals surface area contributed by atoms with Crippen LogP contribution in [0.3, 0.4) is 0 Å². The number of rotatable bonds is 4. The lowest BCUT2D eigenvalue weighted by Crippen LogP contribution is -2.05. The predicted octanol–water partition coefficient (Wildman–Crippen LogP) is 3.40. The van der Waals surface area contributed by atoms with Crippen molar-refractivity contribution in [1.82, 2.24) is 0 Å². The molecule has 2 N–H and O–H groups in total. The fraction of sp³-hybridized carbons (Fsp3) is 0.200. The van der Waals surface area contributed by atoms with Gasteiger partial charge in [0.2, 0.25) is 0 Å². The Kier molecular flexibility index (Phi) is 4.70. The summed E-state index contributed by atoms with van der Waals surface area (Å²) < 4.78 is 36.8. The number of hydrogen-bond donors (Lipinski definition) is 1. The Labute approximate surface area is 128 Å². The van der Waals surface area contributed by atoms with E-state index in [9.17, 15) is 12.8 Å². The average molecular weight is 325 g/mol. The molecule has 0 aromatic heterocycles. The molecule has 1 atom stereocenters. The lowest BCUT2D eigenvalue weighted by atomic mass is 10.1. The zero-order valence-electron chi connectivity index (χ0n) is 11.7. The molecule has 0 spiro atoms. The van der Waals surface area contributed by atoms with Crippen LogP contribution in [0.2, 0.25) is 0 Å². The SMILES string of the molecule is C[C@H](N)c1ccc(Sc2ccc(S(C)(=O)=O)cc2)c(F)c1. The molecule has 6 heteroatoms. The second kappa shape index (κ2) is 6.17. The lowest BCUT2D eigenvalue weighted by Gasteiger charge is -2.09. The van der Waals surface area contributed by atoms with E-state index in [2.05, 4.69) is 0 Å². The number of sulfone groups is 1. The Bertz CT molecular complexity index is 741. The van der Waals surface area contributed by atoms with E-state index in [4.69, 9.17) is 5.73 Å². The smallest absolute Gasteiger partial charge is 0.175 e. The first-order chi connectivity index (χ1) is 9.77. The van der Waals surface area contributed by atoms with Crippen molar-refractivity contribution in [3.05, 3.63) is 53.8 Å². The monoisotopic (exact) mass is 325 g/mol. The van der Waals surface area contributed by atoms with E-state index in [1.165, 1.54) is 30.0 Å². The summed E-state index contributed by atoms with van der Waals surface area (Å²) in [6, 6.07) is 11.1. The minimum atomic E-state index is -3.21. The van der Waals surface area contributed by atoms with Gasteiger partial charge in [0.25, 0.3) is 0 Å². The molecule has 0 unspecified atom stereocenters. The molecule has 21 heavy (non-hydrogen) atoms. The van der Waals surface area contributed by atoms with Crippen molar-refractivity contribution < 1.29 is 12.8 Å². The zero-order valence-corrected chi connectivity index (χ0v) is 13.3. The number of benzene rings is 2. The van der Waals surface area contributed by atoms with Crippen LogP contribution in [-0.4, -0.2) is 14.7 Å². The molecular weight excluding hydrogens is 309 g/mol. The fourth-order valence-corrected chi connectivity index (χ4v) is 3.21. The zero-order chi connectivity index (χ0) is 15.6. The molecule has 0 saturated carbocycles. The molecule has 0 aliphatic carbocycles. The van der Waals surface area contributed by atoms with Crippen molar-refractivity contribution in [2.45, 2.75) is 27.7 Å². The van der Waals surface area contributed by atoms with Gasteiger partial charge in [0.05, 0.1) is 4.90 Å². The number of nitrogens with two attached hydrogens (primary N) is 1. The molecule has 2 aromatic rings. The van der Waals surface area contributed by atoms with E-state index in [1.54, 1.807) is 31.2 Å². The van der Waals surface area contributed by atoms with E-state index in [0.717, 1.165) is 16.7 Å². The van der Waals surface area contributed by atoms with Gasteiger partial charge in [-0.25, -0.2) is 12.8 Å². The predicted molar refractivity (Wildman–Crippen MR) is 82.7 cm³/mol. The molecule has 2 rings (SSSR count). The number of hydrogen-bond acceptors (Lipinski definition) is 4. The van der Waals surface area contributed by atoms with Crippen molar-refractivity contribution in [3.63, 3.8) is 0 Å². The van der Waals surface area contributed by atoms with Gasteiger partial charge in [0.15, 0.2) is 9.84 Å². The summed E-state index contributed by atoms with van der Waals surface area (Å²) in [5.41, 5.74) is 6.45. The van der Waals surface area contributed by atoms with Gasteiger partial charge in [-0.1, -0.05) is 17.8 Å². The Hall–Kier alpha value is -1.37. The largest absolute Gasteiger partial charge is 0.324 e. The minimum Gasteiger partial charge on any atom is -0.324 e. The van der Waals surface area contributed by atoms with Crippen molar-refractivity contribution in [2.75, 3.05) is 6.26 Å². The van der Waals surface area contributed by atoms with Gasteiger partial charge in [-0.3, -0.25) is 0 Å². The molecule has 0 aliphatic heterocycles. The third kappa shape index (κ3) is 4.06. The molecule has 0 fully saturated rings. The van der Waals surface area contributed by atoms with E-state index < -0.39 is 9.84 Å². The molecule has 0 saturated heterocycles. The van der Waals surface area contributed by atoms with Crippen LogP contribution >= 0.6 is 11.8 Å². The van der Waals surface area contributed by atoms with Gasteiger partial charge in [-0.05, 0) is 48.9 Å². The Morgan fingerprint density at radius 1 is 1.14 bits per heavy atom. The van der Waals surface area contributed by atoms with Crippen LogP contribution in [0.1, 0.15) is 18.5 Å². The standard InChI is InChI=1S/C15H16FNO2S2/c1-10(17)11-3-8-15(14(16)9-11)20-12-4-6-13(7-5-12)21(2,18)19/h3-10H,17H2,1-2H3/t10-/m0/s1. The van der Waals surface area contributed by atoms with Crippen LogP contribution in [-0.2, 0) is 9.84 Å². The summed E-state index contributed by atoms with van der Waals surface area (Å²) in [6.45, 7) is 1.80. The summed E-state index contributed by atoms with van der Waals surface area (Å²) in [7, 11) is -3.21. The molecule has 0 bridgehead atoms. The van der Waals surface area contributed by atoms with Gasteiger partial charge in [-0.15, -0.1) is 0 Å². The van der Waals surface area contributed by atoms with Crippen LogP contribution < -0.4 is 5.73 Å². The van der Waals surface area contributed by atoms with Crippen LogP contribution in [0.4, 0.5) is 4.39 Å². The van der Waals surface area contributed by atoms with Crippen molar-refractivity contribution in [1.29, 1.82) is 0 Å². The highest BCUT2D eigenvalue weighted by molar-refractivity contribution is 7.99. The third-order valence-electron chi connectivity index (χ3n) is 2.96. The van der Waals surface area contributed by atoms with Gasteiger partial charge in [0, 0.05) is 22.1 Å². The third-order valence-corrected chi connectivity index (χ3v) is 5.15. The lowest BCUT2D eigenvalue weighted by molar-refractivity contribution is 0.596. The molecule has 0 radical (unpaired) electrons. The summed E-state index contributed by atoms with van der Waals surface area (Å²) in [5.74, 6) is -0.331. The quantitative estimate of drug-likeness (QED) is 0.936. The van der Waals surface area contributed by atoms with Gasteiger partial charge in [0.1, 0.15) is 5.82 Å². The van der Waals surface area contributed by atoms with Gasteiger partial charge in [-0.2, -0.15) is 0 Å². The van der Waals surface area contributed by atoms with Crippen LogP contribution in [0.25, 0.3) is 0 Å². The highest BCUT2D eigenvalue weighted by Crippen LogP contribution is 2.31. The van der Waals surface area contributed by atoms with E-state index in [1.807, 2.05) is 0 Å². The second-order valence-electron chi connectivity index (χ2n) is 4.82. The second-order valence-corrected chi connectivity index (χ2v) is 7.96. The molecule has 3 nitrogen and oxygen atoms in total. The average Bonchev–Trinajstić information content (AvgIpc) is 2.40. The van der Waals surface area contributed by atoms with Crippen molar-refractivity contribution >= 4 is 21.6 Å². The molecule has 0 aliphatic rings. The van der Waals surface area contributed by atoms with Crippen LogP contribution in [0, 0.1) is 5.82 Å².